The van der Waals surface area contributed by atoms with Gasteiger partial charge in [0, 0.05) is 6.61 Å². The smallest absolute Gasteiger partial charge is 0.338 e. The maximum absolute atomic E-state index is 11.5. The number of rotatable bonds is 5. The van der Waals surface area contributed by atoms with Crippen molar-refractivity contribution in [2.75, 3.05) is 13.2 Å². The van der Waals surface area contributed by atoms with Crippen LogP contribution >= 0.6 is 0 Å². The SMILES string of the molecule is Cc1cccc(C(=O)OCCCCO)c1. The van der Waals surface area contributed by atoms with E-state index in [0.29, 0.717) is 25.0 Å². The summed E-state index contributed by atoms with van der Waals surface area (Å²) in [5, 5.41) is 8.54. The van der Waals surface area contributed by atoms with E-state index in [0.717, 1.165) is 5.56 Å². The van der Waals surface area contributed by atoms with Gasteiger partial charge in [-0.2, -0.15) is 0 Å². The first-order valence-electron chi connectivity index (χ1n) is 5.08. The maximum Gasteiger partial charge on any atom is 0.338 e. The van der Waals surface area contributed by atoms with Crippen LogP contribution < -0.4 is 0 Å². The molecule has 1 aromatic rings. The summed E-state index contributed by atoms with van der Waals surface area (Å²) in [6, 6.07) is 7.30. The minimum absolute atomic E-state index is 0.141. The molecule has 0 amide bonds. The largest absolute Gasteiger partial charge is 0.462 e. The Morgan fingerprint density at radius 2 is 2.20 bits per heavy atom. The standard InChI is InChI=1S/C12H16O3/c1-10-5-4-6-11(9-10)12(14)15-8-3-2-7-13/h4-6,9,13H,2-3,7-8H2,1H3. The number of esters is 1. The van der Waals surface area contributed by atoms with Gasteiger partial charge in [-0.05, 0) is 31.9 Å². The van der Waals surface area contributed by atoms with E-state index in [9.17, 15) is 4.79 Å². The van der Waals surface area contributed by atoms with Crippen LogP contribution in [-0.4, -0.2) is 24.3 Å². The van der Waals surface area contributed by atoms with Gasteiger partial charge in [-0.3, -0.25) is 0 Å². The van der Waals surface area contributed by atoms with E-state index < -0.39 is 0 Å². The number of unbranched alkanes of at least 4 members (excludes halogenated alkanes) is 1. The lowest BCUT2D eigenvalue weighted by Crippen LogP contribution is -2.06. The molecule has 0 unspecified atom stereocenters. The Morgan fingerprint density at radius 3 is 2.87 bits per heavy atom. The molecular weight excluding hydrogens is 192 g/mol. The molecule has 0 aromatic heterocycles. The highest BCUT2D eigenvalue weighted by atomic mass is 16.5. The van der Waals surface area contributed by atoms with Gasteiger partial charge < -0.3 is 9.84 Å². The third-order valence-electron chi connectivity index (χ3n) is 2.04. The van der Waals surface area contributed by atoms with Crippen LogP contribution in [0.15, 0.2) is 24.3 Å². The van der Waals surface area contributed by atoms with Gasteiger partial charge in [0.1, 0.15) is 0 Å². The molecule has 3 nitrogen and oxygen atoms in total. The van der Waals surface area contributed by atoms with Crippen LogP contribution in [0.2, 0.25) is 0 Å². The van der Waals surface area contributed by atoms with Gasteiger partial charge >= 0.3 is 5.97 Å². The lowest BCUT2D eigenvalue weighted by molar-refractivity contribution is 0.0492. The van der Waals surface area contributed by atoms with Gasteiger partial charge in [-0.25, -0.2) is 4.79 Å². The second-order valence-electron chi connectivity index (χ2n) is 3.44. The predicted octanol–water partition coefficient (Wildman–Crippen LogP) is 1.92. The van der Waals surface area contributed by atoms with Crippen molar-refractivity contribution in [3.63, 3.8) is 0 Å². The Balaban J connectivity index is 2.40. The molecule has 0 spiro atoms. The molecule has 1 aromatic carbocycles. The van der Waals surface area contributed by atoms with E-state index in [-0.39, 0.29) is 12.6 Å². The topological polar surface area (TPSA) is 46.5 Å². The molecule has 0 heterocycles. The molecule has 1 rings (SSSR count). The van der Waals surface area contributed by atoms with Gasteiger partial charge in [-0.1, -0.05) is 17.7 Å². The van der Waals surface area contributed by atoms with Crippen LogP contribution in [-0.2, 0) is 4.74 Å². The summed E-state index contributed by atoms with van der Waals surface area (Å²) in [7, 11) is 0. The van der Waals surface area contributed by atoms with E-state index >= 15 is 0 Å². The van der Waals surface area contributed by atoms with Crippen molar-refractivity contribution >= 4 is 5.97 Å². The highest BCUT2D eigenvalue weighted by Crippen LogP contribution is 2.05. The number of ether oxygens (including phenoxy) is 1. The molecule has 15 heavy (non-hydrogen) atoms. The summed E-state index contributed by atoms with van der Waals surface area (Å²) in [6.45, 7) is 2.44. The number of hydrogen-bond acceptors (Lipinski definition) is 3. The molecule has 0 saturated carbocycles. The van der Waals surface area contributed by atoms with Crippen LogP contribution in [0.5, 0.6) is 0 Å². The monoisotopic (exact) mass is 208 g/mol. The quantitative estimate of drug-likeness (QED) is 0.594. The molecule has 0 aliphatic rings. The Hall–Kier alpha value is -1.35. The van der Waals surface area contributed by atoms with Crippen molar-refractivity contribution < 1.29 is 14.6 Å². The molecule has 1 N–H and O–H groups in total. The Labute approximate surface area is 89.7 Å². The molecule has 0 aliphatic carbocycles. The number of aliphatic hydroxyl groups excluding tert-OH is 1. The molecule has 0 aliphatic heterocycles. The third kappa shape index (κ3) is 4.13. The minimum atomic E-state index is -0.295. The first-order valence-corrected chi connectivity index (χ1v) is 5.08. The third-order valence-corrected chi connectivity index (χ3v) is 2.04. The summed E-state index contributed by atoms with van der Waals surface area (Å²) in [4.78, 5) is 11.5. The zero-order chi connectivity index (χ0) is 11.1. The highest BCUT2D eigenvalue weighted by Gasteiger charge is 2.05. The normalized spacial score (nSPS) is 10.0. The first-order chi connectivity index (χ1) is 7.24. The summed E-state index contributed by atoms with van der Waals surface area (Å²) < 4.78 is 5.04. The van der Waals surface area contributed by atoms with Gasteiger partial charge in [0.25, 0.3) is 0 Å². The second kappa shape index (κ2) is 6.19. The zero-order valence-electron chi connectivity index (χ0n) is 8.90. The van der Waals surface area contributed by atoms with Crippen LogP contribution in [0, 0.1) is 6.92 Å². The number of hydrogen-bond donors (Lipinski definition) is 1. The van der Waals surface area contributed by atoms with Crippen molar-refractivity contribution in [2.24, 2.45) is 0 Å². The van der Waals surface area contributed by atoms with Gasteiger partial charge in [0.05, 0.1) is 12.2 Å². The molecule has 0 atom stereocenters. The van der Waals surface area contributed by atoms with Crippen molar-refractivity contribution in [3.05, 3.63) is 35.4 Å². The fraction of sp³-hybridized carbons (Fsp3) is 0.417. The van der Waals surface area contributed by atoms with Crippen molar-refractivity contribution in [1.82, 2.24) is 0 Å². The number of aliphatic hydroxyl groups is 1. The summed E-state index contributed by atoms with van der Waals surface area (Å²) in [6.07, 6.45) is 1.37. The van der Waals surface area contributed by atoms with Gasteiger partial charge in [0.2, 0.25) is 0 Å². The van der Waals surface area contributed by atoms with Crippen molar-refractivity contribution in [1.29, 1.82) is 0 Å². The molecule has 0 saturated heterocycles. The zero-order valence-corrected chi connectivity index (χ0v) is 8.90. The van der Waals surface area contributed by atoms with Gasteiger partial charge in [0.15, 0.2) is 0 Å². The van der Waals surface area contributed by atoms with Crippen LogP contribution in [0.1, 0.15) is 28.8 Å². The predicted molar refractivity (Wildman–Crippen MR) is 57.8 cm³/mol. The molecular formula is C12H16O3. The van der Waals surface area contributed by atoms with Crippen LogP contribution in [0.25, 0.3) is 0 Å². The maximum atomic E-state index is 11.5. The van der Waals surface area contributed by atoms with Crippen molar-refractivity contribution in [2.45, 2.75) is 19.8 Å². The fourth-order valence-electron chi connectivity index (χ4n) is 1.23. The van der Waals surface area contributed by atoms with Crippen molar-refractivity contribution in [3.8, 4) is 0 Å². The van der Waals surface area contributed by atoms with E-state index in [4.69, 9.17) is 9.84 Å². The average molecular weight is 208 g/mol. The minimum Gasteiger partial charge on any atom is -0.462 e. The highest BCUT2D eigenvalue weighted by molar-refractivity contribution is 5.89. The second-order valence-corrected chi connectivity index (χ2v) is 3.44. The Bertz CT molecular complexity index is 320. The van der Waals surface area contributed by atoms with E-state index in [1.807, 2.05) is 19.1 Å². The average Bonchev–Trinajstić information content (AvgIpc) is 2.24. The fourth-order valence-corrected chi connectivity index (χ4v) is 1.23. The van der Waals surface area contributed by atoms with E-state index in [1.165, 1.54) is 0 Å². The lowest BCUT2D eigenvalue weighted by atomic mass is 10.1. The summed E-state index contributed by atoms with van der Waals surface area (Å²) in [5.41, 5.74) is 1.62. The summed E-state index contributed by atoms with van der Waals surface area (Å²) >= 11 is 0. The molecule has 0 radical (unpaired) electrons. The Kier molecular flexibility index (Phi) is 4.84. The van der Waals surface area contributed by atoms with Gasteiger partial charge in [-0.15, -0.1) is 0 Å². The Morgan fingerprint density at radius 1 is 1.40 bits per heavy atom. The van der Waals surface area contributed by atoms with E-state index in [2.05, 4.69) is 0 Å². The molecule has 0 bridgehead atoms. The molecule has 0 fully saturated rings. The number of aryl methyl sites for hydroxylation is 1. The molecule has 3 heteroatoms. The number of carbonyl (C=O) groups is 1. The van der Waals surface area contributed by atoms with Crippen LogP contribution in [0.4, 0.5) is 0 Å². The first kappa shape index (κ1) is 11.7. The van der Waals surface area contributed by atoms with Crippen LogP contribution in [0.3, 0.4) is 0 Å². The van der Waals surface area contributed by atoms with E-state index in [1.54, 1.807) is 12.1 Å². The summed E-state index contributed by atoms with van der Waals surface area (Å²) in [5.74, 6) is -0.295. The number of benzene rings is 1. The lowest BCUT2D eigenvalue weighted by Gasteiger charge is -2.04. The number of carbonyl (C=O) groups excluding carboxylic acids is 1. The molecule has 82 valence electrons.